The molecule has 4 heteroatoms. The normalized spacial score (nSPS) is 17.6. The second kappa shape index (κ2) is 6.03. The van der Waals surface area contributed by atoms with E-state index in [-0.39, 0.29) is 0 Å². The Balaban J connectivity index is 1.78. The van der Waals surface area contributed by atoms with Gasteiger partial charge in [0.05, 0.1) is 10.7 Å². The van der Waals surface area contributed by atoms with E-state index in [0.29, 0.717) is 6.04 Å². The van der Waals surface area contributed by atoms with Crippen LogP contribution in [0.4, 0.5) is 0 Å². The van der Waals surface area contributed by atoms with Crippen molar-refractivity contribution in [3.8, 4) is 0 Å². The summed E-state index contributed by atoms with van der Waals surface area (Å²) in [4.78, 5) is 4.69. The highest BCUT2D eigenvalue weighted by molar-refractivity contribution is 7.98. The monoisotopic (exact) mass is 256 g/mol. The molecular weight excluding hydrogens is 236 g/mol. The first kappa shape index (κ1) is 12.4. The molecule has 0 saturated heterocycles. The summed E-state index contributed by atoms with van der Waals surface area (Å²) in [6.45, 7) is 3.17. The molecule has 0 bridgehead atoms. The maximum atomic E-state index is 4.69. The predicted molar refractivity (Wildman–Crippen MR) is 73.4 cm³/mol. The maximum Gasteiger partial charge on any atom is 0.0959 e. The van der Waals surface area contributed by atoms with Gasteiger partial charge in [-0.3, -0.25) is 0 Å². The molecule has 1 unspecified atom stereocenters. The highest BCUT2D eigenvalue weighted by Crippen LogP contribution is 2.41. The Morgan fingerprint density at radius 3 is 3.06 bits per heavy atom. The van der Waals surface area contributed by atoms with Crippen molar-refractivity contribution < 1.29 is 0 Å². The van der Waals surface area contributed by atoms with Crippen molar-refractivity contribution in [2.75, 3.05) is 12.0 Å². The molecule has 1 saturated carbocycles. The minimum absolute atomic E-state index is 0.626. The fourth-order valence-electron chi connectivity index (χ4n) is 1.69. The summed E-state index contributed by atoms with van der Waals surface area (Å²) in [7, 11) is 0. The number of nitrogens with one attached hydrogen (secondary N) is 1. The first-order valence-electron chi connectivity index (χ1n) is 6.00. The molecule has 2 rings (SSSR count). The van der Waals surface area contributed by atoms with E-state index in [0.717, 1.165) is 12.5 Å². The molecular formula is C12H20N2S2. The summed E-state index contributed by atoms with van der Waals surface area (Å²) < 4.78 is 0. The van der Waals surface area contributed by atoms with Gasteiger partial charge in [-0.1, -0.05) is 6.92 Å². The van der Waals surface area contributed by atoms with E-state index in [4.69, 9.17) is 0 Å². The molecule has 1 aliphatic carbocycles. The van der Waals surface area contributed by atoms with E-state index in [2.05, 4.69) is 28.9 Å². The van der Waals surface area contributed by atoms with Gasteiger partial charge in [0.25, 0.3) is 0 Å². The molecule has 2 nitrogen and oxygen atoms in total. The van der Waals surface area contributed by atoms with E-state index in [1.807, 2.05) is 23.1 Å². The molecule has 0 spiro atoms. The number of thioether (sulfide) groups is 1. The van der Waals surface area contributed by atoms with Crippen molar-refractivity contribution in [1.29, 1.82) is 0 Å². The largest absolute Gasteiger partial charge is 0.308 e. The molecule has 1 N–H and O–H groups in total. The molecule has 0 radical (unpaired) electrons. The quantitative estimate of drug-likeness (QED) is 0.810. The standard InChI is InChI=1S/C12H20N2S2/c1-3-10(7-15-2)13-6-11-8-16-12(14-11)9-4-5-9/h8-10,13H,3-7H2,1-2H3. The van der Waals surface area contributed by atoms with Gasteiger partial charge >= 0.3 is 0 Å². The van der Waals surface area contributed by atoms with Crippen molar-refractivity contribution in [2.24, 2.45) is 0 Å². The second-order valence-electron chi connectivity index (χ2n) is 4.39. The third-order valence-electron chi connectivity index (χ3n) is 2.93. The predicted octanol–water partition coefficient (Wildman–Crippen LogP) is 3.25. The van der Waals surface area contributed by atoms with Crippen LogP contribution in [0.2, 0.25) is 0 Å². The van der Waals surface area contributed by atoms with Gasteiger partial charge in [0.15, 0.2) is 0 Å². The van der Waals surface area contributed by atoms with E-state index in [9.17, 15) is 0 Å². The smallest absolute Gasteiger partial charge is 0.0959 e. The van der Waals surface area contributed by atoms with Gasteiger partial charge in [-0.2, -0.15) is 11.8 Å². The summed E-state index contributed by atoms with van der Waals surface area (Å²) in [6, 6.07) is 0.626. The number of thiazole rings is 1. The third-order valence-corrected chi connectivity index (χ3v) is 4.72. The van der Waals surface area contributed by atoms with Gasteiger partial charge < -0.3 is 5.32 Å². The highest BCUT2D eigenvalue weighted by Gasteiger charge is 2.26. The Labute approximate surface area is 106 Å². The lowest BCUT2D eigenvalue weighted by atomic mass is 10.2. The number of hydrogen-bond acceptors (Lipinski definition) is 4. The van der Waals surface area contributed by atoms with Crippen molar-refractivity contribution in [3.05, 3.63) is 16.1 Å². The summed E-state index contributed by atoms with van der Waals surface area (Å²) in [5.74, 6) is 1.99. The van der Waals surface area contributed by atoms with Crippen LogP contribution in [-0.4, -0.2) is 23.0 Å². The molecule has 90 valence electrons. The lowest BCUT2D eigenvalue weighted by Crippen LogP contribution is -2.30. The van der Waals surface area contributed by atoms with Crippen LogP contribution in [0.3, 0.4) is 0 Å². The highest BCUT2D eigenvalue weighted by atomic mass is 32.2. The zero-order valence-corrected chi connectivity index (χ0v) is 11.7. The van der Waals surface area contributed by atoms with Gasteiger partial charge in [0, 0.05) is 29.6 Å². The van der Waals surface area contributed by atoms with Crippen LogP contribution in [0.1, 0.15) is 42.8 Å². The van der Waals surface area contributed by atoms with E-state index in [1.54, 1.807) is 0 Å². The molecule has 1 atom stereocenters. The van der Waals surface area contributed by atoms with Crippen LogP contribution < -0.4 is 5.32 Å². The Morgan fingerprint density at radius 2 is 2.44 bits per heavy atom. The van der Waals surface area contributed by atoms with E-state index < -0.39 is 0 Å². The fraction of sp³-hybridized carbons (Fsp3) is 0.750. The zero-order chi connectivity index (χ0) is 11.4. The first-order chi connectivity index (χ1) is 7.83. The molecule has 0 aliphatic heterocycles. The summed E-state index contributed by atoms with van der Waals surface area (Å²) in [5, 5.41) is 7.15. The average Bonchev–Trinajstić information content (AvgIpc) is 3.04. The molecule has 1 fully saturated rings. The number of aromatic nitrogens is 1. The Kier molecular flexibility index (Phi) is 4.67. The van der Waals surface area contributed by atoms with Crippen LogP contribution in [-0.2, 0) is 6.54 Å². The number of hydrogen-bond donors (Lipinski definition) is 1. The molecule has 0 aromatic carbocycles. The SMILES string of the molecule is CCC(CSC)NCc1csc(C2CC2)n1. The third kappa shape index (κ3) is 3.47. The van der Waals surface area contributed by atoms with Crippen LogP contribution >= 0.6 is 23.1 Å². The topological polar surface area (TPSA) is 24.9 Å². The average molecular weight is 256 g/mol. The van der Waals surface area contributed by atoms with Gasteiger partial charge in [-0.15, -0.1) is 11.3 Å². The van der Waals surface area contributed by atoms with Crippen molar-refractivity contribution >= 4 is 23.1 Å². The Hall–Kier alpha value is -0.0600. The molecule has 0 amide bonds. The van der Waals surface area contributed by atoms with Crippen molar-refractivity contribution in [3.63, 3.8) is 0 Å². The summed E-state index contributed by atoms with van der Waals surface area (Å²) in [6.07, 6.45) is 6.06. The van der Waals surface area contributed by atoms with Gasteiger partial charge in [0.1, 0.15) is 0 Å². The maximum absolute atomic E-state index is 4.69. The number of rotatable bonds is 7. The fourth-order valence-corrected chi connectivity index (χ4v) is 3.44. The minimum Gasteiger partial charge on any atom is -0.308 e. The Morgan fingerprint density at radius 1 is 1.62 bits per heavy atom. The number of nitrogens with zero attached hydrogens (tertiary/aromatic N) is 1. The summed E-state index contributed by atoms with van der Waals surface area (Å²) in [5.41, 5.74) is 1.23. The van der Waals surface area contributed by atoms with Crippen LogP contribution in [0, 0.1) is 0 Å². The van der Waals surface area contributed by atoms with E-state index in [1.165, 1.54) is 35.7 Å². The molecule has 1 aromatic rings. The first-order valence-corrected chi connectivity index (χ1v) is 8.27. The van der Waals surface area contributed by atoms with Crippen LogP contribution in [0.5, 0.6) is 0 Å². The second-order valence-corrected chi connectivity index (χ2v) is 6.19. The molecule has 1 heterocycles. The molecule has 1 aromatic heterocycles. The van der Waals surface area contributed by atoms with Crippen molar-refractivity contribution in [1.82, 2.24) is 10.3 Å². The van der Waals surface area contributed by atoms with Crippen LogP contribution in [0.15, 0.2) is 5.38 Å². The minimum atomic E-state index is 0.626. The van der Waals surface area contributed by atoms with Gasteiger partial charge in [0.2, 0.25) is 0 Å². The summed E-state index contributed by atoms with van der Waals surface area (Å²) >= 11 is 3.75. The van der Waals surface area contributed by atoms with Gasteiger partial charge in [-0.05, 0) is 25.5 Å². The lowest BCUT2D eigenvalue weighted by molar-refractivity contribution is 0.536. The zero-order valence-electron chi connectivity index (χ0n) is 10.0. The van der Waals surface area contributed by atoms with E-state index >= 15 is 0 Å². The van der Waals surface area contributed by atoms with Gasteiger partial charge in [-0.25, -0.2) is 4.98 Å². The van der Waals surface area contributed by atoms with Crippen LogP contribution in [0.25, 0.3) is 0 Å². The molecule has 16 heavy (non-hydrogen) atoms. The molecule has 1 aliphatic rings. The Bertz CT molecular complexity index is 321. The van der Waals surface area contributed by atoms with Crippen molar-refractivity contribution in [2.45, 2.75) is 44.7 Å². The lowest BCUT2D eigenvalue weighted by Gasteiger charge is -2.14.